The summed E-state index contributed by atoms with van der Waals surface area (Å²) in [6.45, 7) is 5.84. The number of aromatic nitrogens is 2. The molecular weight excluding hydrogens is 536 g/mol. The van der Waals surface area contributed by atoms with Gasteiger partial charge in [-0.1, -0.05) is 74.8 Å². The van der Waals surface area contributed by atoms with Gasteiger partial charge < -0.3 is 15.5 Å². The first-order valence-electron chi connectivity index (χ1n) is 12.7. The molecule has 7 nitrogen and oxygen atoms in total. The van der Waals surface area contributed by atoms with Crippen molar-refractivity contribution in [3.8, 4) is 5.69 Å². The third-order valence-corrected chi connectivity index (χ3v) is 6.45. The first-order valence-corrected chi connectivity index (χ1v) is 13.1. The highest BCUT2D eigenvalue weighted by Gasteiger charge is 2.24. The summed E-state index contributed by atoms with van der Waals surface area (Å²) in [6.07, 6.45) is 0.458. The minimum Gasteiger partial charge on any atom is -0.315 e. The molecule has 0 bridgehead atoms. The van der Waals surface area contributed by atoms with E-state index in [0.29, 0.717) is 29.0 Å². The van der Waals surface area contributed by atoms with Gasteiger partial charge in [-0.2, -0.15) is 5.10 Å². The standard InChI is InChI=1S/C30H30ClF2N5O2/c1-30(2,3)26-18-27(38(36-26)25-12-8-7-11-22(25)31)35-28(39)19-37(16-15-20-9-5-4-6-10-20)29(40)34-24-14-13-21(32)17-23(24)33/h4-14,17-18H,15-16,19H2,1-3H3,(H,34,40)(H,35,39). The van der Waals surface area contributed by atoms with Crippen LogP contribution >= 0.6 is 11.6 Å². The molecule has 1 aromatic heterocycles. The van der Waals surface area contributed by atoms with Crippen molar-refractivity contribution in [1.82, 2.24) is 14.7 Å². The summed E-state index contributed by atoms with van der Waals surface area (Å²) in [7, 11) is 0. The molecule has 0 fully saturated rings. The molecule has 0 spiro atoms. The van der Waals surface area contributed by atoms with Gasteiger partial charge in [0, 0.05) is 24.1 Å². The van der Waals surface area contributed by atoms with Crippen LogP contribution in [0.25, 0.3) is 5.69 Å². The minimum absolute atomic E-state index is 0.170. The van der Waals surface area contributed by atoms with Gasteiger partial charge in [0.05, 0.1) is 22.1 Å². The molecule has 0 radical (unpaired) electrons. The molecule has 3 aromatic carbocycles. The quantitative estimate of drug-likeness (QED) is 0.246. The van der Waals surface area contributed by atoms with Gasteiger partial charge in [-0.05, 0) is 36.2 Å². The van der Waals surface area contributed by atoms with E-state index in [-0.39, 0.29) is 24.2 Å². The first-order chi connectivity index (χ1) is 19.0. The summed E-state index contributed by atoms with van der Waals surface area (Å²) in [6, 6.07) is 20.5. The zero-order chi connectivity index (χ0) is 28.9. The number of amides is 3. The Kier molecular flexibility index (Phi) is 8.84. The summed E-state index contributed by atoms with van der Waals surface area (Å²) < 4.78 is 29.2. The molecule has 4 aromatic rings. The molecule has 0 atom stereocenters. The van der Waals surface area contributed by atoms with Gasteiger partial charge in [0.2, 0.25) is 5.91 Å². The molecule has 40 heavy (non-hydrogen) atoms. The fourth-order valence-corrected chi connectivity index (χ4v) is 4.16. The van der Waals surface area contributed by atoms with Crippen LogP contribution in [0, 0.1) is 11.6 Å². The van der Waals surface area contributed by atoms with Gasteiger partial charge in [-0.25, -0.2) is 18.3 Å². The maximum atomic E-state index is 14.2. The van der Waals surface area contributed by atoms with Crippen molar-refractivity contribution in [2.75, 3.05) is 23.7 Å². The van der Waals surface area contributed by atoms with Crippen molar-refractivity contribution >= 4 is 35.0 Å². The summed E-state index contributed by atoms with van der Waals surface area (Å²) >= 11 is 6.43. The number of nitrogens with zero attached hydrogens (tertiary/aromatic N) is 3. The van der Waals surface area contributed by atoms with Crippen molar-refractivity contribution in [2.45, 2.75) is 32.6 Å². The van der Waals surface area contributed by atoms with E-state index in [1.165, 1.54) is 4.90 Å². The number of para-hydroxylation sites is 1. The molecule has 3 amide bonds. The predicted molar refractivity (Wildman–Crippen MR) is 153 cm³/mol. The Bertz CT molecular complexity index is 1500. The van der Waals surface area contributed by atoms with E-state index in [1.807, 2.05) is 57.2 Å². The predicted octanol–water partition coefficient (Wildman–Crippen LogP) is 6.82. The summed E-state index contributed by atoms with van der Waals surface area (Å²) in [5.41, 5.74) is 1.77. The van der Waals surface area contributed by atoms with E-state index in [1.54, 1.807) is 28.9 Å². The molecule has 2 N–H and O–H groups in total. The van der Waals surface area contributed by atoms with E-state index in [4.69, 9.17) is 11.6 Å². The number of nitrogens with one attached hydrogen (secondary N) is 2. The van der Waals surface area contributed by atoms with Gasteiger partial charge in [0.15, 0.2) is 0 Å². The highest BCUT2D eigenvalue weighted by molar-refractivity contribution is 6.32. The lowest BCUT2D eigenvalue weighted by atomic mass is 9.92. The number of halogens is 3. The fraction of sp³-hybridized carbons (Fsp3) is 0.233. The van der Waals surface area contributed by atoms with Crippen LogP contribution in [-0.2, 0) is 16.6 Å². The van der Waals surface area contributed by atoms with Crippen molar-refractivity contribution in [3.05, 3.63) is 107 Å². The SMILES string of the molecule is CC(C)(C)c1cc(NC(=O)CN(CCc2ccccc2)C(=O)Nc2ccc(F)cc2F)n(-c2ccccc2Cl)n1. The number of hydrogen-bond donors (Lipinski definition) is 2. The van der Waals surface area contributed by atoms with Crippen LogP contribution in [0.2, 0.25) is 5.02 Å². The van der Waals surface area contributed by atoms with Crippen molar-refractivity contribution in [2.24, 2.45) is 0 Å². The number of benzene rings is 3. The zero-order valence-corrected chi connectivity index (χ0v) is 23.2. The lowest BCUT2D eigenvalue weighted by Gasteiger charge is -2.23. The number of rotatable bonds is 8. The smallest absolute Gasteiger partial charge is 0.315 e. The van der Waals surface area contributed by atoms with Gasteiger partial charge in [0.1, 0.15) is 24.0 Å². The van der Waals surface area contributed by atoms with Gasteiger partial charge in [-0.3, -0.25) is 4.79 Å². The lowest BCUT2D eigenvalue weighted by Crippen LogP contribution is -2.42. The first kappa shape index (κ1) is 28.8. The third-order valence-electron chi connectivity index (χ3n) is 6.13. The van der Waals surface area contributed by atoms with Crippen molar-refractivity contribution < 1.29 is 18.4 Å². The van der Waals surface area contributed by atoms with E-state index in [9.17, 15) is 18.4 Å². The lowest BCUT2D eigenvalue weighted by molar-refractivity contribution is -0.116. The third kappa shape index (κ3) is 7.24. The molecule has 0 aliphatic carbocycles. The monoisotopic (exact) mass is 565 g/mol. The molecule has 0 saturated heterocycles. The van der Waals surface area contributed by atoms with Crippen LogP contribution in [0.3, 0.4) is 0 Å². The number of anilines is 2. The van der Waals surface area contributed by atoms with E-state index in [0.717, 1.165) is 23.4 Å². The molecule has 10 heteroatoms. The Morgan fingerprint density at radius 2 is 1.65 bits per heavy atom. The van der Waals surface area contributed by atoms with E-state index >= 15 is 0 Å². The average molecular weight is 566 g/mol. The van der Waals surface area contributed by atoms with Crippen molar-refractivity contribution in [1.29, 1.82) is 0 Å². The molecule has 0 aliphatic heterocycles. The Balaban J connectivity index is 1.57. The number of carbonyl (C=O) groups is 2. The van der Waals surface area contributed by atoms with Gasteiger partial charge >= 0.3 is 6.03 Å². The van der Waals surface area contributed by atoms with E-state index in [2.05, 4.69) is 15.7 Å². The zero-order valence-electron chi connectivity index (χ0n) is 22.4. The average Bonchev–Trinajstić information content (AvgIpc) is 3.33. The Hall–Kier alpha value is -4.24. The summed E-state index contributed by atoms with van der Waals surface area (Å²) in [4.78, 5) is 27.7. The van der Waals surface area contributed by atoms with E-state index < -0.39 is 23.6 Å². The molecule has 1 heterocycles. The maximum absolute atomic E-state index is 14.2. The maximum Gasteiger partial charge on any atom is 0.322 e. The topological polar surface area (TPSA) is 79.3 Å². The Labute approximate surface area is 236 Å². The molecule has 0 unspecified atom stereocenters. The fourth-order valence-electron chi connectivity index (χ4n) is 3.95. The molecule has 0 saturated carbocycles. The molecule has 4 rings (SSSR count). The normalized spacial score (nSPS) is 11.2. The number of carbonyl (C=O) groups excluding carboxylic acids is 2. The van der Waals surface area contributed by atoms with Crippen LogP contribution in [-0.4, -0.2) is 39.7 Å². The highest BCUT2D eigenvalue weighted by Crippen LogP contribution is 2.29. The van der Waals surface area contributed by atoms with Crippen LogP contribution in [0.15, 0.2) is 78.9 Å². The Morgan fingerprint density at radius 1 is 0.950 bits per heavy atom. The summed E-state index contributed by atoms with van der Waals surface area (Å²) in [5, 5.41) is 10.4. The Morgan fingerprint density at radius 3 is 2.33 bits per heavy atom. The molecule has 208 valence electrons. The largest absolute Gasteiger partial charge is 0.322 e. The summed E-state index contributed by atoms with van der Waals surface area (Å²) in [5.74, 6) is -1.78. The second kappa shape index (κ2) is 12.3. The highest BCUT2D eigenvalue weighted by atomic mass is 35.5. The minimum atomic E-state index is -0.917. The van der Waals surface area contributed by atoms with Crippen molar-refractivity contribution in [3.63, 3.8) is 0 Å². The van der Waals surface area contributed by atoms with Crippen LogP contribution in [0.5, 0.6) is 0 Å². The second-order valence-electron chi connectivity index (χ2n) is 10.3. The van der Waals surface area contributed by atoms with Crippen LogP contribution in [0.1, 0.15) is 32.0 Å². The number of hydrogen-bond acceptors (Lipinski definition) is 3. The van der Waals surface area contributed by atoms with Gasteiger partial charge in [0.25, 0.3) is 0 Å². The van der Waals surface area contributed by atoms with Crippen LogP contribution in [0.4, 0.5) is 25.1 Å². The molecular formula is C30H30ClF2N5O2. The van der Waals surface area contributed by atoms with Gasteiger partial charge in [-0.15, -0.1) is 0 Å². The molecule has 0 aliphatic rings. The number of urea groups is 1. The second-order valence-corrected chi connectivity index (χ2v) is 10.7. The van der Waals surface area contributed by atoms with Crippen LogP contribution < -0.4 is 10.6 Å².